The van der Waals surface area contributed by atoms with Gasteiger partial charge in [-0.2, -0.15) is 12.1 Å². The Balaban J connectivity index is -0.000000209. The fourth-order valence-corrected chi connectivity index (χ4v) is 3.33. The molecule has 3 rings (SSSR count). The topological polar surface area (TPSA) is 0 Å². The van der Waals surface area contributed by atoms with Crippen LogP contribution in [0.15, 0.2) is 41.5 Å². The Bertz CT molecular complexity index is 768. The molecule has 0 fully saturated rings. The van der Waals surface area contributed by atoms with Crippen LogP contribution in [0.25, 0.3) is 10.8 Å². The molecule has 4 heteroatoms. The summed E-state index contributed by atoms with van der Waals surface area (Å²) in [6, 6.07) is 9.35. The fraction of sp³-hybridized carbons (Fsp3) is 0.519. The minimum absolute atomic E-state index is 0. The Kier molecular flexibility index (Phi) is 24.0. The molecular formula is C27H41Cl2SiZr. The van der Waals surface area contributed by atoms with E-state index in [1.165, 1.54) is 38.6 Å². The quantitative estimate of drug-likeness (QED) is 0.395. The third-order valence-electron chi connectivity index (χ3n) is 4.85. The third kappa shape index (κ3) is 12.1. The van der Waals surface area contributed by atoms with Gasteiger partial charge in [-0.3, -0.25) is 6.08 Å². The fourth-order valence-electron chi connectivity index (χ4n) is 3.33. The molecule has 2 aromatic rings. The minimum atomic E-state index is 0. The van der Waals surface area contributed by atoms with E-state index in [1.807, 2.05) is 13.8 Å². The van der Waals surface area contributed by atoms with Gasteiger partial charge in [0, 0.05) is 10.2 Å². The Morgan fingerprint density at radius 2 is 1.42 bits per heavy atom. The number of allylic oxidation sites excluding steroid dienone is 4. The maximum Gasteiger partial charge on any atom is 4.00 e. The van der Waals surface area contributed by atoms with E-state index in [1.54, 1.807) is 6.55 Å². The second-order valence-corrected chi connectivity index (χ2v) is 7.86. The van der Waals surface area contributed by atoms with E-state index in [2.05, 4.69) is 102 Å². The molecule has 0 saturated heterocycles. The molecule has 31 heavy (non-hydrogen) atoms. The van der Waals surface area contributed by atoms with Crippen LogP contribution in [-0.4, -0.2) is 10.2 Å². The minimum Gasteiger partial charge on any atom is -1.00 e. The molecular weight excluding hydrogens is 515 g/mol. The average Bonchev–Trinajstić information content (AvgIpc) is 3.17. The second-order valence-electron chi connectivity index (χ2n) is 7.86. The zero-order valence-electron chi connectivity index (χ0n) is 21.4. The van der Waals surface area contributed by atoms with Gasteiger partial charge in [0.15, 0.2) is 0 Å². The van der Waals surface area contributed by atoms with Crippen LogP contribution >= 0.6 is 0 Å². The van der Waals surface area contributed by atoms with Crippen molar-refractivity contribution in [3.05, 3.63) is 64.3 Å². The number of hydrogen-bond acceptors (Lipinski definition) is 0. The first kappa shape index (κ1) is 38.3. The molecule has 1 aliphatic rings. The monoisotopic (exact) mass is 553 g/mol. The first-order chi connectivity index (χ1) is 13.2. The number of rotatable bonds is 2. The molecule has 0 aromatic heterocycles. The summed E-state index contributed by atoms with van der Waals surface area (Å²) in [5, 5.41) is 2.85. The van der Waals surface area contributed by atoms with Gasteiger partial charge in [-0.05, 0) is 11.8 Å². The SMILES string of the molecule is CC.CC1=[C-]C(C)C=C1C.C[Si].Cc1cc2c(C(C)C)cc(C(C)C)cc2[cH-]1.[Cl-].[Cl-].[Zr+4]. The summed E-state index contributed by atoms with van der Waals surface area (Å²) >= 11 is 0. The molecule has 0 aliphatic heterocycles. The Morgan fingerprint density at radius 1 is 0.903 bits per heavy atom. The molecule has 0 heterocycles. The van der Waals surface area contributed by atoms with Crippen LogP contribution in [0.2, 0.25) is 6.55 Å². The van der Waals surface area contributed by atoms with Crippen LogP contribution in [0.4, 0.5) is 0 Å². The number of halogens is 2. The van der Waals surface area contributed by atoms with Gasteiger partial charge in [0.1, 0.15) is 0 Å². The first-order valence-corrected chi connectivity index (χ1v) is 11.7. The van der Waals surface area contributed by atoms with Crippen LogP contribution in [0.5, 0.6) is 0 Å². The van der Waals surface area contributed by atoms with Crippen molar-refractivity contribution in [2.75, 3.05) is 0 Å². The van der Waals surface area contributed by atoms with Crippen molar-refractivity contribution in [2.45, 2.75) is 87.6 Å². The summed E-state index contributed by atoms with van der Waals surface area (Å²) in [4.78, 5) is 0. The molecule has 0 saturated carbocycles. The molecule has 1 atom stereocenters. The molecule has 0 N–H and O–H groups in total. The van der Waals surface area contributed by atoms with Gasteiger partial charge in [0.2, 0.25) is 0 Å². The van der Waals surface area contributed by atoms with Gasteiger partial charge >= 0.3 is 26.2 Å². The van der Waals surface area contributed by atoms with Crippen LogP contribution in [-0.2, 0) is 26.2 Å². The summed E-state index contributed by atoms with van der Waals surface area (Å²) in [7, 11) is 2.97. The van der Waals surface area contributed by atoms with Crippen LogP contribution in [0.3, 0.4) is 0 Å². The van der Waals surface area contributed by atoms with Gasteiger partial charge in [0.05, 0.1) is 0 Å². The molecule has 3 radical (unpaired) electrons. The second kappa shape index (κ2) is 19.5. The van der Waals surface area contributed by atoms with Crippen molar-refractivity contribution in [3.8, 4) is 0 Å². The molecule has 0 spiro atoms. The number of hydrogen-bond donors (Lipinski definition) is 0. The molecule has 1 unspecified atom stereocenters. The van der Waals surface area contributed by atoms with Crippen molar-refractivity contribution < 1.29 is 51.0 Å². The molecule has 0 bridgehead atoms. The zero-order chi connectivity index (χ0) is 22.0. The summed E-state index contributed by atoms with van der Waals surface area (Å²) in [5.74, 6) is 1.76. The van der Waals surface area contributed by atoms with Gasteiger partial charge in [0.25, 0.3) is 0 Å². The van der Waals surface area contributed by atoms with E-state index in [0.29, 0.717) is 17.8 Å². The summed E-state index contributed by atoms with van der Waals surface area (Å²) in [5.41, 5.74) is 7.03. The van der Waals surface area contributed by atoms with Crippen molar-refractivity contribution in [2.24, 2.45) is 5.92 Å². The standard InChI is InChI=1S/C16H21.C8H11.C2H6.CH3Si.2ClH.Zr/c1-10(2)13-8-14-6-12(5)7-16(14)15(9-13)11(3)4;1-6-4-7(2)8(3)5-6;2*1-2;;;/h6-11H,1-5H3;4,6H,1-3H3;1-2H3;1H3;2*1H;/q2*-1;;;;;+4/p-2. The van der Waals surface area contributed by atoms with E-state index in [4.69, 9.17) is 0 Å². The summed E-state index contributed by atoms with van der Waals surface area (Å²) < 4.78 is 0. The van der Waals surface area contributed by atoms with Gasteiger partial charge in [-0.15, -0.1) is 35.4 Å². The normalized spacial score (nSPS) is 13.7. The van der Waals surface area contributed by atoms with E-state index >= 15 is 0 Å². The molecule has 2 aromatic carbocycles. The van der Waals surface area contributed by atoms with Crippen LogP contribution in [0, 0.1) is 18.9 Å². The van der Waals surface area contributed by atoms with Gasteiger partial charge in [-0.25, -0.2) is 11.1 Å². The maximum atomic E-state index is 3.29. The first-order valence-electron chi connectivity index (χ1n) is 10.7. The van der Waals surface area contributed by atoms with Gasteiger partial charge in [-0.1, -0.05) is 92.0 Å². The summed E-state index contributed by atoms with van der Waals surface area (Å²) in [6.07, 6.45) is 5.52. The third-order valence-corrected chi connectivity index (χ3v) is 4.85. The number of aryl methyl sites for hydroxylation is 1. The number of fused-ring (bicyclic) bond motifs is 1. The molecule has 171 valence electrons. The van der Waals surface area contributed by atoms with Gasteiger partial charge < -0.3 is 24.8 Å². The zero-order valence-corrected chi connectivity index (χ0v) is 26.3. The Morgan fingerprint density at radius 3 is 1.74 bits per heavy atom. The van der Waals surface area contributed by atoms with E-state index < -0.39 is 0 Å². The van der Waals surface area contributed by atoms with E-state index in [0.717, 1.165) is 0 Å². The Hall–Kier alpha value is -0.01000. The smallest absolute Gasteiger partial charge is 1.00 e. The Labute approximate surface area is 228 Å². The predicted octanol–water partition coefficient (Wildman–Crippen LogP) is 2.68. The average molecular weight is 556 g/mol. The molecule has 1 aliphatic carbocycles. The maximum absolute atomic E-state index is 3.29. The van der Waals surface area contributed by atoms with Crippen molar-refractivity contribution in [1.29, 1.82) is 0 Å². The summed E-state index contributed by atoms with van der Waals surface area (Å²) in [6.45, 7) is 23.5. The van der Waals surface area contributed by atoms with Crippen LogP contribution < -0.4 is 24.8 Å². The number of benzene rings is 1. The van der Waals surface area contributed by atoms with Crippen molar-refractivity contribution in [1.82, 2.24) is 0 Å². The molecule has 0 nitrogen and oxygen atoms in total. The van der Waals surface area contributed by atoms with Crippen molar-refractivity contribution >= 4 is 21.0 Å². The van der Waals surface area contributed by atoms with Crippen LogP contribution in [0.1, 0.15) is 90.8 Å². The van der Waals surface area contributed by atoms with E-state index in [-0.39, 0.29) is 51.0 Å². The van der Waals surface area contributed by atoms with E-state index in [9.17, 15) is 0 Å². The van der Waals surface area contributed by atoms with Crippen molar-refractivity contribution in [3.63, 3.8) is 0 Å². The largest absolute Gasteiger partial charge is 4.00 e. The predicted molar refractivity (Wildman–Crippen MR) is 131 cm³/mol. The molecule has 0 amide bonds.